The molecule has 0 aromatic rings. The van der Waals surface area contributed by atoms with Gasteiger partial charge < -0.3 is 16.2 Å². The minimum atomic E-state index is -0.664. The number of hydrogen-bond donors (Lipinski definition) is 3. The molecule has 0 fully saturated rings. The van der Waals surface area contributed by atoms with E-state index in [1.165, 1.54) is 57.8 Å². The van der Waals surface area contributed by atoms with E-state index in [4.69, 9.17) is 10.8 Å². The zero-order valence-corrected chi connectivity index (χ0v) is 13.0. The van der Waals surface area contributed by atoms with Gasteiger partial charge in [-0.1, -0.05) is 57.8 Å². The third-order valence-electron chi connectivity index (χ3n) is 3.57. The van der Waals surface area contributed by atoms with Gasteiger partial charge >= 0.3 is 5.97 Å². The number of nitrogens with two attached hydrogens (primary N) is 1. The Kier molecular flexibility index (Phi) is 15.9. The van der Waals surface area contributed by atoms with Crippen molar-refractivity contribution in [2.75, 3.05) is 19.6 Å². The maximum Gasteiger partial charge on any atom is 0.303 e. The highest BCUT2D eigenvalue weighted by Gasteiger charge is 1.96. The van der Waals surface area contributed by atoms with Crippen LogP contribution in [0.1, 0.15) is 77.0 Å². The Bertz CT molecular complexity index is 211. The predicted molar refractivity (Wildman–Crippen MR) is 85.0 cm³/mol. The molecule has 20 heavy (non-hydrogen) atoms. The minimum Gasteiger partial charge on any atom is -0.481 e. The van der Waals surface area contributed by atoms with Gasteiger partial charge in [-0.25, -0.2) is 0 Å². The quantitative estimate of drug-likeness (QED) is 0.381. The molecular formula is C16H34N2O2. The second kappa shape index (κ2) is 16.4. The average molecular weight is 286 g/mol. The van der Waals surface area contributed by atoms with E-state index >= 15 is 0 Å². The van der Waals surface area contributed by atoms with E-state index in [0.29, 0.717) is 6.42 Å². The molecule has 0 saturated carbocycles. The van der Waals surface area contributed by atoms with Gasteiger partial charge in [0.2, 0.25) is 0 Å². The molecule has 0 radical (unpaired) electrons. The first-order valence-electron chi connectivity index (χ1n) is 8.40. The first kappa shape index (κ1) is 19.4. The average Bonchev–Trinajstić information content (AvgIpc) is 2.43. The number of rotatable bonds is 16. The largest absolute Gasteiger partial charge is 0.481 e. The van der Waals surface area contributed by atoms with Crippen LogP contribution in [0, 0.1) is 0 Å². The molecule has 120 valence electrons. The Labute approximate surface area is 124 Å². The lowest BCUT2D eigenvalue weighted by molar-refractivity contribution is -0.137. The first-order valence-corrected chi connectivity index (χ1v) is 8.40. The van der Waals surface area contributed by atoms with Crippen LogP contribution in [0.5, 0.6) is 0 Å². The fourth-order valence-corrected chi connectivity index (χ4v) is 2.34. The molecule has 0 amide bonds. The number of carboxylic acids is 1. The molecule has 0 aliphatic heterocycles. The fraction of sp³-hybridized carbons (Fsp3) is 0.938. The second-order valence-electron chi connectivity index (χ2n) is 5.57. The van der Waals surface area contributed by atoms with Gasteiger partial charge in [-0.05, 0) is 19.4 Å². The summed E-state index contributed by atoms with van der Waals surface area (Å²) in [4.78, 5) is 10.3. The lowest BCUT2D eigenvalue weighted by Crippen LogP contribution is -2.23. The zero-order valence-electron chi connectivity index (χ0n) is 13.0. The number of nitrogens with one attached hydrogen (secondary N) is 1. The number of unbranched alkanes of at least 4 members (excludes halogenated alkanes) is 10. The Hall–Kier alpha value is -0.610. The molecule has 0 atom stereocenters. The molecular weight excluding hydrogens is 252 g/mol. The number of carbonyl (C=O) groups is 1. The Balaban J connectivity index is 2.94. The monoisotopic (exact) mass is 286 g/mol. The zero-order chi connectivity index (χ0) is 14.9. The third-order valence-corrected chi connectivity index (χ3v) is 3.57. The normalized spacial score (nSPS) is 10.8. The molecule has 0 aliphatic carbocycles. The molecule has 0 saturated heterocycles. The van der Waals surface area contributed by atoms with Crippen LogP contribution >= 0.6 is 0 Å². The summed E-state index contributed by atoms with van der Waals surface area (Å²) in [6.45, 7) is 2.77. The molecule has 0 heterocycles. The Morgan fingerprint density at radius 1 is 0.750 bits per heavy atom. The van der Waals surface area contributed by atoms with E-state index in [9.17, 15) is 4.79 Å². The SMILES string of the molecule is NCCNCCCCCCCCCCCCCC(=O)O. The maximum atomic E-state index is 10.3. The molecule has 4 nitrogen and oxygen atoms in total. The van der Waals surface area contributed by atoms with Crippen molar-refractivity contribution in [1.82, 2.24) is 5.32 Å². The van der Waals surface area contributed by atoms with Crippen LogP contribution in [0.2, 0.25) is 0 Å². The maximum absolute atomic E-state index is 10.3. The fourth-order valence-electron chi connectivity index (χ4n) is 2.34. The van der Waals surface area contributed by atoms with Crippen LogP contribution in [0.4, 0.5) is 0 Å². The molecule has 0 rings (SSSR count). The Morgan fingerprint density at radius 2 is 1.20 bits per heavy atom. The van der Waals surface area contributed by atoms with Gasteiger partial charge in [0.25, 0.3) is 0 Å². The van der Waals surface area contributed by atoms with Gasteiger partial charge in [0.05, 0.1) is 0 Å². The lowest BCUT2D eigenvalue weighted by Gasteiger charge is -2.04. The molecule has 0 aliphatic rings. The van der Waals surface area contributed by atoms with E-state index in [0.717, 1.165) is 32.5 Å². The lowest BCUT2D eigenvalue weighted by atomic mass is 10.1. The highest BCUT2D eigenvalue weighted by atomic mass is 16.4. The van der Waals surface area contributed by atoms with Gasteiger partial charge in [-0.15, -0.1) is 0 Å². The van der Waals surface area contributed by atoms with Crippen LogP contribution < -0.4 is 11.1 Å². The summed E-state index contributed by atoms with van der Waals surface area (Å²) in [5.74, 6) is -0.664. The topological polar surface area (TPSA) is 75.3 Å². The summed E-state index contributed by atoms with van der Waals surface area (Å²) in [5.41, 5.74) is 5.40. The number of carboxylic acid groups (broad SMARTS) is 1. The van der Waals surface area contributed by atoms with Gasteiger partial charge in [0.1, 0.15) is 0 Å². The van der Waals surface area contributed by atoms with Gasteiger partial charge in [-0.3, -0.25) is 4.79 Å². The molecule has 0 unspecified atom stereocenters. The third kappa shape index (κ3) is 17.4. The number of hydrogen-bond acceptors (Lipinski definition) is 3. The highest BCUT2D eigenvalue weighted by molar-refractivity contribution is 5.66. The standard InChI is InChI=1S/C16H34N2O2/c17-13-15-18-14-11-9-7-5-3-1-2-4-6-8-10-12-16(19)20/h18H,1-15,17H2,(H,19,20). The van der Waals surface area contributed by atoms with E-state index in [2.05, 4.69) is 5.32 Å². The second-order valence-corrected chi connectivity index (χ2v) is 5.57. The van der Waals surface area contributed by atoms with Crippen molar-refractivity contribution < 1.29 is 9.90 Å². The van der Waals surface area contributed by atoms with E-state index < -0.39 is 5.97 Å². The van der Waals surface area contributed by atoms with Crippen molar-refractivity contribution in [2.24, 2.45) is 5.73 Å². The van der Waals surface area contributed by atoms with Crippen LogP contribution in [-0.2, 0) is 4.79 Å². The van der Waals surface area contributed by atoms with Crippen molar-refractivity contribution in [3.8, 4) is 0 Å². The van der Waals surface area contributed by atoms with Gasteiger partial charge in [-0.2, -0.15) is 0 Å². The summed E-state index contributed by atoms with van der Waals surface area (Å²) < 4.78 is 0. The molecule has 0 spiro atoms. The molecule has 4 N–H and O–H groups in total. The first-order chi connectivity index (χ1) is 9.77. The molecule has 4 heteroatoms. The van der Waals surface area contributed by atoms with Gasteiger partial charge in [0, 0.05) is 19.5 Å². The van der Waals surface area contributed by atoms with Crippen molar-refractivity contribution >= 4 is 5.97 Å². The highest BCUT2D eigenvalue weighted by Crippen LogP contribution is 2.11. The Morgan fingerprint density at radius 3 is 1.65 bits per heavy atom. The summed E-state index contributed by atoms with van der Waals surface area (Å²) in [6.07, 6.45) is 14.0. The molecule has 0 aromatic heterocycles. The van der Waals surface area contributed by atoms with Crippen LogP contribution in [0.3, 0.4) is 0 Å². The van der Waals surface area contributed by atoms with Crippen molar-refractivity contribution in [3.63, 3.8) is 0 Å². The van der Waals surface area contributed by atoms with Crippen LogP contribution in [-0.4, -0.2) is 30.7 Å². The molecule has 0 bridgehead atoms. The van der Waals surface area contributed by atoms with Crippen molar-refractivity contribution in [3.05, 3.63) is 0 Å². The van der Waals surface area contributed by atoms with E-state index in [1.807, 2.05) is 0 Å². The van der Waals surface area contributed by atoms with Gasteiger partial charge in [0.15, 0.2) is 0 Å². The van der Waals surface area contributed by atoms with Crippen molar-refractivity contribution in [2.45, 2.75) is 77.0 Å². The van der Waals surface area contributed by atoms with E-state index in [1.54, 1.807) is 0 Å². The summed E-state index contributed by atoms with van der Waals surface area (Å²) in [7, 11) is 0. The number of aliphatic carboxylic acids is 1. The van der Waals surface area contributed by atoms with Crippen LogP contribution in [0.15, 0.2) is 0 Å². The summed E-state index contributed by atoms with van der Waals surface area (Å²) >= 11 is 0. The summed E-state index contributed by atoms with van der Waals surface area (Å²) in [6, 6.07) is 0. The smallest absolute Gasteiger partial charge is 0.303 e. The predicted octanol–water partition coefficient (Wildman–Crippen LogP) is 3.30. The van der Waals surface area contributed by atoms with E-state index in [-0.39, 0.29) is 0 Å². The van der Waals surface area contributed by atoms with Crippen molar-refractivity contribution in [1.29, 1.82) is 0 Å². The minimum absolute atomic E-state index is 0.333. The van der Waals surface area contributed by atoms with Crippen LogP contribution in [0.25, 0.3) is 0 Å². The summed E-state index contributed by atoms with van der Waals surface area (Å²) in [5, 5.41) is 11.8. The molecule has 0 aromatic carbocycles.